The van der Waals surface area contributed by atoms with Crippen molar-refractivity contribution in [3.63, 3.8) is 0 Å². The smallest absolute Gasteiger partial charge is 0.338 e. The Morgan fingerprint density at radius 1 is 1.00 bits per heavy atom. The number of hydrogen-bond acceptors (Lipinski definition) is 6. The van der Waals surface area contributed by atoms with E-state index < -0.39 is 24.4 Å². The Morgan fingerprint density at radius 3 is 2.43 bits per heavy atom. The lowest BCUT2D eigenvalue weighted by Gasteiger charge is -2.11. The topological polar surface area (TPSA) is 117 Å². The van der Waals surface area contributed by atoms with Gasteiger partial charge in [-0.3, -0.25) is 9.59 Å². The maximum Gasteiger partial charge on any atom is 0.338 e. The van der Waals surface area contributed by atoms with Crippen LogP contribution in [0.2, 0.25) is 0 Å². The number of esters is 1. The highest BCUT2D eigenvalue weighted by Gasteiger charge is 2.14. The fraction of sp³-hybridized carbons (Fsp3) is 0.250. The molecule has 8 heteroatoms. The fourth-order valence-electron chi connectivity index (χ4n) is 2.32. The Labute approximate surface area is 162 Å². The monoisotopic (exact) mass is 386 g/mol. The van der Waals surface area contributed by atoms with Crippen LogP contribution in [-0.4, -0.2) is 44.7 Å². The molecule has 0 aromatic heterocycles. The zero-order valence-corrected chi connectivity index (χ0v) is 15.5. The zero-order chi connectivity index (χ0) is 20.4. The molecule has 0 bridgehead atoms. The van der Waals surface area contributed by atoms with Gasteiger partial charge in [0.15, 0.2) is 24.7 Å². The molecule has 0 aliphatic rings. The van der Waals surface area contributed by atoms with Crippen molar-refractivity contribution in [3.05, 3.63) is 59.7 Å². The largest absolute Gasteiger partial charge is 0.493 e. The fourth-order valence-corrected chi connectivity index (χ4v) is 2.32. The van der Waals surface area contributed by atoms with Crippen molar-refractivity contribution < 1.29 is 28.6 Å². The average Bonchev–Trinajstić information content (AvgIpc) is 2.71. The highest BCUT2D eigenvalue weighted by Crippen LogP contribution is 2.28. The zero-order valence-electron chi connectivity index (χ0n) is 15.5. The molecule has 0 atom stereocenters. The Morgan fingerprint density at radius 2 is 1.75 bits per heavy atom. The van der Waals surface area contributed by atoms with E-state index >= 15 is 0 Å². The summed E-state index contributed by atoms with van der Waals surface area (Å²) < 4.78 is 15.3. The van der Waals surface area contributed by atoms with E-state index in [2.05, 4.69) is 5.32 Å². The highest BCUT2D eigenvalue weighted by molar-refractivity contribution is 5.92. The van der Waals surface area contributed by atoms with E-state index in [0.717, 1.165) is 5.56 Å². The third-order valence-corrected chi connectivity index (χ3v) is 3.68. The molecule has 0 saturated heterocycles. The van der Waals surface area contributed by atoms with Crippen LogP contribution in [0.4, 0.5) is 0 Å². The molecule has 0 spiro atoms. The standard InChI is InChI=1S/C20H22N2O6/c1-26-17-11-15(7-8-16(17)27-12-18(21)23)20(25)28-13-19(24)22-10-9-14-5-3-2-4-6-14/h2-8,11H,9-10,12-13H2,1H3,(H2,21,23)(H,22,24). The van der Waals surface area contributed by atoms with Gasteiger partial charge in [-0.2, -0.15) is 0 Å². The molecule has 2 aromatic carbocycles. The Bertz CT molecular complexity index is 823. The van der Waals surface area contributed by atoms with Gasteiger partial charge in [-0.1, -0.05) is 30.3 Å². The summed E-state index contributed by atoms with van der Waals surface area (Å²) in [5.74, 6) is -1.21. The number of carbonyl (C=O) groups is 3. The predicted molar refractivity (Wildman–Crippen MR) is 101 cm³/mol. The molecule has 8 nitrogen and oxygen atoms in total. The molecule has 0 heterocycles. The van der Waals surface area contributed by atoms with Crippen LogP contribution in [0.1, 0.15) is 15.9 Å². The van der Waals surface area contributed by atoms with Gasteiger partial charge in [0.2, 0.25) is 0 Å². The molecule has 0 fully saturated rings. The molecule has 0 aliphatic carbocycles. The SMILES string of the molecule is COc1cc(C(=O)OCC(=O)NCCc2ccccc2)ccc1OCC(N)=O. The van der Waals surface area contributed by atoms with Crippen molar-refractivity contribution in [1.82, 2.24) is 5.32 Å². The summed E-state index contributed by atoms with van der Waals surface area (Å²) in [7, 11) is 1.39. The van der Waals surface area contributed by atoms with Gasteiger partial charge >= 0.3 is 5.97 Å². The van der Waals surface area contributed by atoms with Crippen LogP contribution in [0, 0.1) is 0 Å². The van der Waals surface area contributed by atoms with E-state index in [4.69, 9.17) is 19.9 Å². The van der Waals surface area contributed by atoms with E-state index in [9.17, 15) is 14.4 Å². The first-order valence-electron chi connectivity index (χ1n) is 8.56. The van der Waals surface area contributed by atoms with Gasteiger partial charge in [-0.05, 0) is 30.2 Å². The molecule has 0 aliphatic heterocycles. The molecule has 2 amide bonds. The normalized spacial score (nSPS) is 10.0. The lowest BCUT2D eigenvalue weighted by molar-refractivity contribution is -0.124. The first-order valence-corrected chi connectivity index (χ1v) is 8.56. The second-order valence-electron chi connectivity index (χ2n) is 5.78. The first-order chi connectivity index (χ1) is 13.5. The van der Waals surface area contributed by atoms with E-state index in [0.29, 0.717) is 13.0 Å². The van der Waals surface area contributed by atoms with E-state index in [1.807, 2.05) is 30.3 Å². The molecule has 3 N–H and O–H groups in total. The summed E-state index contributed by atoms with van der Waals surface area (Å²) in [6.07, 6.45) is 0.685. The molecule has 148 valence electrons. The number of carbonyl (C=O) groups excluding carboxylic acids is 3. The number of amides is 2. The minimum absolute atomic E-state index is 0.181. The summed E-state index contributed by atoms with van der Waals surface area (Å²) >= 11 is 0. The maximum absolute atomic E-state index is 12.1. The number of methoxy groups -OCH3 is 1. The van der Waals surface area contributed by atoms with Gasteiger partial charge in [-0.25, -0.2) is 4.79 Å². The number of nitrogens with one attached hydrogen (secondary N) is 1. The van der Waals surface area contributed by atoms with Crippen molar-refractivity contribution in [3.8, 4) is 11.5 Å². The summed E-state index contributed by atoms with van der Waals surface area (Å²) in [5.41, 5.74) is 6.31. The molecule has 2 rings (SSSR count). The van der Waals surface area contributed by atoms with Gasteiger partial charge in [0, 0.05) is 6.54 Å². The van der Waals surface area contributed by atoms with Crippen LogP contribution in [0.3, 0.4) is 0 Å². The number of primary amides is 1. The molecule has 0 saturated carbocycles. The number of hydrogen-bond donors (Lipinski definition) is 2. The van der Waals surface area contributed by atoms with Gasteiger partial charge in [0.1, 0.15) is 0 Å². The van der Waals surface area contributed by atoms with Crippen molar-refractivity contribution in [2.24, 2.45) is 5.73 Å². The summed E-state index contributed by atoms with van der Waals surface area (Å²) in [5, 5.41) is 2.69. The van der Waals surface area contributed by atoms with Crippen LogP contribution in [-0.2, 0) is 20.7 Å². The van der Waals surface area contributed by atoms with Crippen LogP contribution in [0.15, 0.2) is 48.5 Å². The third kappa shape index (κ3) is 6.64. The lowest BCUT2D eigenvalue weighted by atomic mass is 10.1. The van der Waals surface area contributed by atoms with Crippen LogP contribution in [0.25, 0.3) is 0 Å². The maximum atomic E-state index is 12.1. The molecular weight excluding hydrogens is 364 g/mol. The summed E-state index contributed by atoms with van der Waals surface area (Å²) in [4.78, 5) is 34.7. The number of ether oxygens (including phenoxy) is 3. The predicted octanol–water partition coefficient (Wildman–Crippen LogP) is 1.07. The van der Waals surface area contributed by atoms with Crippen molar-refractivity contribution >= 4 is 17.8 Å². The van der Waals surface area contributed by atoms with E-state index in [1.165, 1.54) is 25.3 Å². The molecule has 0 radical (unpaired) electrons. The minimum atomic E-state index is -0.682. The van der Waals surface area contributed by atoms with Gasteiger partial charge in [0.25, 0.3) is 11.8 Å². The average molecular weight is 386 g/mol. The van der Waals surface area contributed by atoms with E-state index in [1.54, 1.807) is 0 Å². The number of nitrogens with two attached hydrogens (primary N) is 1. The first kappa shape index (κ1) is 20.8. The molecular formula is C20H22N2O6. The molecule has 28 heavy (non-hydrogen) atoms. The Balaban J connectivity index is 1.81. The van der Waals surface area contributed by atoms with Crippen molar-refractivity contribution in [1.29, 1.82) is 0 Å². The molecule has 0 unspecified atom stereocenters. The quantitative estimate of drug-likeness (QED) is 0.590. The number of benzene rings is 2. The summed E-state index contributed by atoms with van der Waals surface area (Å²) in [6, 6.07) is 14.0. The van der Waals surface area contributed by atoms with Crippen molar-refractivity contribution in [2.45, 2.75) is 6.42 Å². The summed E-state index contributed by atoms with van der Waals surface area (Å²) in [6.45, 7) is -0.265. The third-order valence-electron chi connectivity index (χ3n) is 3.68. The minimum Gasteiger partial charge on any atom is -0.493 e. The second-order valence-corrected chi connectivity index (χ2v) is 5.78. The highest BCUT2D eigenvalue weighted by atomic mass is 16.5. The van der Waals surface area contributed by atoms with Crippen LogP contribution >= 0.6 is 0 Å². The second kappa shape index (κ2) is 10.6. The Kier molecular flexibility index (Phi) is 7.83. The molecule has 2 aromatic rings. The lowest BCUT2D eigenvalue weighted by Crippen LogP contribution is -2.30. The Hall–Kier alpha value is -3.55. The van der Waals surface area contributed by atoms with Crippen LogP contribution in [0.5, 0.6) is 11.5 Å². The number of rotatable bonds is 10. The van der Waals surface area contributed by atoms with Crippen molar-refractivity contribution in [2.75, 3.05) is 26.9 Å². The van der Waals surface area contributed by atoms with Gasteiger partial charge < -0.3 is 25.3 Å². The van der Waals surface area contributed by atoms with Crippen LogP contribution < -0.4 is 20.5 Å². The van der Waals surface area contributed by atoms with E-state index in [-0.39, 0.29) is 23.7 Å². The van der Waals surface area contributed by atoms with Gasteiger partial charge in [0.05, 0.1) is 12.7 Å². The van der Waals surface area contributed by atoms with Gasteiger partial charge in [-0.15, -0.1) is 0 Å².